The van der Waals surface area contributed by atoms with Gasteiger partial charge in [0, 0.05) is 43.0 Å². The number of nitro groups is 1. The van der Waals surface area contributed by atoms with Crippen molar-refractivity contribution in [2.75, 3.05) is 44.9 Å². The molecule has 1 amide bonds. The van der Waals surface area contributed by atoms with E-state index in [1.807, 2.05) is 6.92 Å². The van der Waals surface area contributed by atoms with Gasteiger partial charge < -0.3 is 14.4 Å². The number of ether oxygens (including phenoxy) is 2. The Morgan fingerprint density at radius 1 is 1.23 bits per heavy atom. The first kappa shape index (κ1) is 24.4. The Morgan fingerprint density at radius 3 is 2.57 bits per heavy atom. The number of amidine groups is 1. The second kappa shape index (κ2) is 10.7. The monoisotopic (exact) mass is 496 g/mol. The van der Waals surface area contributed by atoms with Crippen molar-refractivity contribution in [3.05, 3.63) is 68.6 Å². The first-order chi connectivity index (χ1) is 16.9. The lowest BCUT2D eigenvalue weighted by molar-refractivity contribution is -0.384. The molecular formula is C24H24N4O6S. The molecule has 4 rings (SSSR count). The van der Waals surface area contributed by atoms with Crippen molar-refractivity contribution in [2.45, 2.75) is 6.92 Å². The van der Waals surface area contributed by atoms with Gasteiger partial charge in [-0.05, 0) is 55.1 Å². The Morgan fingerprint density at radius 2 is 1.94 bits per heavy atom. The number of morpholine rings is 1. The standard InChI is InChI=1S/C24H24N4O6S/c1-3-27-22(29)21(35-24(27)25-18-6-4-16(5-7-18)23(30)33-2)15-17-14-19(28(31)32)8-9-20(17)26-10-12-34-13-11-26/h4-9,14-15H,3,10-13H2,1-2H3/b21-15-,25-24?. The van der Waals surface area contributed by atoms with Crippen LogP contribution in [-0.4, -0.2) is 66.8 Å². The topological polar surface area (TPSA) is 115 Å². The van der Waals surface area contributed by atoms with Crippen molar-refractivity contribution in [2.24, 2.45) is 4.99 Å². The van der Waals surface area contributed by atoms with E-state index in [0.717, 1.165) is 5.69 Å². The molecule has 0 aliphatic carbocycles. The fraction of sp³-hybridized carbons (Fsp3) is 0.292. The number of non-ortho nitro benzene ring substituents is 1. The lowest BCUT2D eigenvalue weighted by atomic mass is 10.1. The highest BCUT2D eigenvalue weighted by molar-refractivity contribution is 8.18. The number of hydrogen-bond acceptors (Lipinski definition) is 9. The molecule has 2 aliphatic rings. The van der Waals surface area contributed by atoms with Gasteiger partial charge in [0.2, 0.25) is 0 Å². The van der Waals surface area contributed by atoms with E-state index < -0.39 is 10.9 Å². The largest absolute Gasteiger partial charge is 0.465 e. The quantitative estimate of drug-likeness (QED) is 0.256. The Balaban J connectivity index is 1.68. The lowest BCUT2D eigenvalue weighted by Crippen LogP contribution is -2.36. The zero-order valence-electron chi connectivity index (χ0n) is 19.3. The molecule has 182 valence electrons. The molecule has 2 aliphatic heterocycles. The van der Waals surface area contributed by atoms with Crippen LogP contribution in [0.2, 0.25) is 0 Å². The predicted octanol–water partition coefficient (Wildman–Crippen LogP) is 3.84. The van der Waals surface area contributed by atoms with Crippen molar-refractivity contribution in [3.63, 3.8) is 0 Å². The number of carbonyl (C=O) groups is 2. The van der Waals surface area contributed by atoms with Crippen molar-refractivity contribution in [3.8, 4) is 0 Å². The van der Waals surface area contributed by atoms with Crippen molar-refractivity contribution < 1.29 is 24.0 Å². The first-order valence-electron chi connectivity index (χ1n) is 11.0. The average molecular weight is 497 g/mol. The number of amides is 1. The Labute approximate surface area is 206 Å². The van der Waals surface area contributed by atoms with Gasteiger partial charge in [-0.25, -0.2) is 9.79 Å². The summed E-state index contributed by atoms with van der Waals surface area (Å²) in [6, 6.07) is 11.3. The number of rotatable bonds is 6. The Bertz CT molecular complexity index is 1200. The average Bonchev–Trinajstić information content (AvgIpc) is 3.17. The highest BCUT2D eigenvalue weighted by Gasteiger charge is 2.33. The number of esters is 1. The van der Waals surface area contributed by atoms with Gasteiger partial charge in [-0.15, -0.1) is 0 Å². The number of hydrogen-bond donors (Lipinski definition) is 0. The summed E-state index contributed by atoms with van der Waals surface area (Å²) >= 11 is 1.21. The number of benzene rings is 2. The van der Waals surface area contributed by atoms with E-state index in [0.29, 0.717) is 59.7 Å². The maximum Gasteiger partial charge on any atom is 0.337 e. The summed E-state index contributed by atoms with van der Waals surface area (Å²) in [5, 5.41) is 11.9. The maximum atomic E-state index is 13.2. The molecule has 2 saturated heterocycles. The van der Waals surface area contributed by atoms with Crippen LogP contribution in [-0.2, 0) is 14.3 Å². The number of carbonyl (C=O) groups excluding carboxylic acids is 2. The molecule has 0 saturated carbocycles. The maximum absolute atomic E-state index is 13.2. The van der Waals surface area contributed by atoms with Crippen LogP contribution >= 0.6 is 11.8 Å². The van der Waals surface area contributed by atoms with Crippen LogP contribution in [0, 0.1) is 10.1 Å². The molecule has 2 fully saturated rings. The minimum atomic E-state index is -0.446. The van der Waals surface area contributed by atoms with E-state index >= 15 is 0 Å². The molecule has 0 radical (unpaired) electrons. The number of aliphatic imine (C=N–C) groups is 1. The summed E-state index contributed by atoms with van der Waals surface area (Å²) in [7, 11) is 1.32. The van der Waals surface area contributed by atoms with Crippen LogP contribution in [0.15, 0.2) is 52.4 Å². The molecule has 2 heterocycles. The van der Waals surface area contributed by atoms with Gasteiger partial charge in [0.1, 0.15) is 0 Å². The summed E-state index contributed by atoms with van der Waals surface area (Å²) < 4.78 is 10.1. The molecule has 0 bridgehead atoms. The van der Waals surface area contributed by atoms with E-state index in [9.17, 15) is 19.7 Å². The van der Waals surface area contributed by atoms with E-state index in [4.69, 9.17) is 9.47 Å². The van der Waals surface area contributed by atoms with Crippen molar-refractivity contribution in [1.82, 2.24) is 4.90 Å². The molecule has 0 spiro atoms. The molecule has 35 heavy (non-hydrogen) atoms. The molecule has 0 N–H and O–H groups in total. The third-order valence-electron chi connectivity index (χ3n) is 5.58. The van der Waals surface area contributed by atoms with Gasteiger partial charge >= 0.3 is 5.97 Å². The van der Waals surface area contributed by atoms with Crippen LogP contribution in [0.5, 0.6) is 0 Å². The highest BCUT2D eigenvalue weighted by Crippen LogP contribution is 2.36. The second-order valence-corrected chi connectivity index (χ2v) is 8.70. The summed E-state index contributed by atoms with van der Waals surface area (Å²) in [6.45, 7) is 4.71. The zero-order chi connectivity index (χ0) is 24.9. The fourth-order valence-corrected chi connectivity index (χ4v) is 4.83. The predicted molar refractivity (Wildman–Crippen MR) is 134 cm³/mol. The van der Waals surface area contributed by atoms with Gasteiger partial charge in [0.05, 0.1) is 41.4 Å². The van der Waals surface area contributed by atoms with E-state index in [2.05, 4.69) is 9.89 Å². The number of methoxy groups -OCH3 is 1. The molecule has 0 atom stereocenters. The molecule has 0 aromatic heterocycles. The van der Waals surface area contributed by atoms with Crippen LogP contribution in [0.1, 0.15) is 22.8 Å². The number of thioether (sulfide) groups is 1. The summed E-state index contributed by atoms with van der Waals surface area (Å²) in [5.41, 5.74) is 2.34. The molecule has 0 unspecified atom stereocenters. The lowest BCUT2D eigenvalue weighted by Gasteiger charge is -2.30. The minimum absolute atomic E-state index is 0.0451. The SMILES string of the molecule is CCN1C(=O)/C(=C/c2cc([N+](=O)[O-])ccc2N2CCOCC2)SC1=Nc1ccc(C(=O)OC)cc1. The van der Waals surface area contributed by atoms with Crippen molar-refractivity contribution >= 4 is 51.9 Å². The second-order valence-electron chi connectivity index (χ2n) is 7.69. The van der Waals surface area contributed by atoms with Gasteiger partial charge in [0.25, 0.3) is 11.6 Å². The number of anilines is 1. The Hall–Kier alpha value is -3.70. The number of nitro benzene ring substituents is 1. The third kappa shape index (κ3) is 5.36. The molecule has 2 aromatic rings. The minimum Gasteiger partial charge on any atom is -0.465 e. The van der Waals surface area contributed by atoms with Crippen LogP contribution in [0.25, 0.3) is 6.08 Å². The summed E-state index contributed by atoms with van der Waals surface area (Å²) in [5.74, 6) is -0.662. The third-order valence-corrected chi connectivity index (χ3v) is 6.58. The van der Waals surface area contributed by atoms with Gasteiger partial charge in [-0.1, -0.05) is 0 Å². The smallest absolute Gasteiger partial charge is 0.337 e. The van der Waals surface area contributed by atoms with Crippen LogP contribution in [0.3, 0.4) is 0 Å². The first-order valence-corrected chi connectivity index (χ1v) is 11.8. The number of nitrogens with zero attached hydrogens (tertiary/aromatic N) is 4. The van der Waals surface area contributed by atoms with Gasteiger partial charge in [0.15, 0.2) is 5.17 Å². The van der Waals surface area contributed by atoms with Gasteiger partial charge in [-0.3, -0.25) is 19.8 Å². The van der Waals surface area contributed by atoms with Crippen molar-refractivity contribution in [1.29, 1.82) is 0 Å². The number of likely N-dealkylation sites (N-methyl/N-ethyl adjacent to an activating group) is 1. The highest BCUT2D eigenvalue weighted by atomic mass is 32.2. The zero-order valence-corrected chi connectivity index (χ0v) is 20.1. The normalized spacial score (nSPS) is 18.4. The summed E-state index contributed by atoms with van der Waals surface area (Å²) in [4.78, 5) is 44.4. The van der Waals surface area contributed by atoms with Crippen LogP contribution in [0.4, 0.5) is 17.1 Å². The fourth-order valence-electron chi connectivity index (χ4n) is 3.78. The van der Waals surface area contributed by atoms with E-state index in [1.54, 1.807) is 41.3 Å². The molecule has 2 aromatic carbocycles. The molecule has 11 heteroatoms. The molecule has 10 nitrogen and oxygen atoms in total. The molecular weight excluding hydrogens is 472 g/mol. The summed E-state index contributed by atoms with van der Waals surface area (Å²) in [6.07, 6.45) is 1.69. The van der Waals surface area contributed by atoms with E-state index in [-0.39, 0.29) is 11.6 Å². The van der Waals surface area contributed by atoms with Gasteiger partial charge in [-0.2, -0.15) is 0 Å². The van der Waals surface area contributed by atoms with E-state index in [1.165, 1.54) is 31.0 Å². The van der Waals surface area contributed by atoms with Crippen LogP contribution < -0.4 is 4.90 Å². The Kier molecular flexibility index (Phi) is 7.47.